The van der Waals surface area contributed by atoms with E-state index < -0.39 is 17.1 Å². The van der Waals surface area contributed by atoms with E-state index in [4.69, 9.17) is 5.26 Å². The molecule has 0 bridgehead atoms. The van der Waals surface area contributed by atoms with Gasteiger partial charge in [-0.05, 0) is 31.0 Å². The first kappa shape index (κ1) is 14.2. The zero-order valence-corrected chi connectivity index (χ0v) is 11.6. The van der Waals surface area contributed by atoms with E-state index >= 15 is 0 Å². The number of carbonyl (C=O) groups excluding carboxylic acids is 2. The lowest BCUT2D eigenvalue weighted by molar-refractivity contribution is -0.126. The topological polar surface area (TPSA) is 61.2 Å². The first-order valence-corrected chi connectivity index (χ1v) is 6.38. The number of rotatable bonds is 2. The standard InChI is InChI=1S/C15H15FN2O2/c1-9(2)15(3)7-13(19)18(14(15)20)12-5-4-10(8-17)6-11(12)16/h4-6,9H,7H2,1-3H3. The van der Waals surface area contributed by atoms with Gasteiger partial charge in [0.2, 0.25) is 11.8 Å². The Morgan fingerprint density at radius 1 is 1.40 bits per heavy atom. The molecule has 1 unspecified atom stereocenters. The first-order valence-electron chi connectivity index (χ1n) is 6.38. The van der Waals surface area contributed by atoms with Crippen LogP contribution in [0.4, 0.5) is 10.1 Å². The monoisotopic (exact) mass is 274 g/mol. The highest BCUT2D eigenvalue weighted by Crippen LogP contribution is 2.41. The van der Waals surface area contributed by atoms with Crippen LogP contribution in [0.1, 0.15) is 32.8 Å². The van der Waals surface area contributed by atoms with Crippen LogP contribution in [0.2, 0.25) is 0 Å². The molecule has 1 aromatic rings. The molecular weight excluding hydrogens is 259 g/mol. The molecule has 2 amide bonds. The molecular formula is C15H15FN2O2. The number of benzene rings is 1. The molecule has 0 saturated carbocycles. The lowest BCUT2D eigenvalue weighted by Gasteiger charge is -2.26. The van der Waals surface area contributed by atoms with Crippen LogP contribution in [-0.2, 0) is 9.59 Å². The summed E-state index contributed by atoms with van der Waals surface area (Å²) in [5.74, 6) is -1.56. The van der Waals surface area contributed by atoms with Gasteiger partial charge in [-0.15, -0.1) is 0 Å². The van der Waals surface area contributed by atoms with Crippen LogP contribution in [0.5, 0.6) is 0 Å². The molecule has 1 aliphatic rings. The van der Waals surface area contributed by atoms with Crippen LogP contribution < -0.4 is 4.90 Å². The number of hydrogen-bond acceptors (Lipinski definition) is 3. The van der Waals surface area contributed by atoms with Gasteiger partial charge in [-0.3, -0.25) is 9.59 Å². The Bertz CT molecular complexity index is 633. The van der Waals surface area contributed by atoms with E-state index in [1.807, 2.05) is 19.9 Å². The largest absolute Gasteiger partial charge is 0.274 e. The lowest BCUT2D eigenvalue weighted by atomic mass is 9.78. The second-order valence-electron chi connectivity index (χ2n) is 5.56. The number of imide groups is 1. The minimum absolute atomic E-state index is 0.0228. The van der Waals surface area contributed by atoms with Crippen LogP contribution in [0.15, 0.2) is 18.2 Å². The summed E-state index contributed by atoms with van der Waals surface area (Å²) in [4.78, 5) is 25.4. The van der Waals surface area contributed by atoms with Crippen molar-refractivity contribution in [2.75, 3.05) is 4.90 Å². The van der Waals surface area contributed by atoms with Crippen molar-refractivity contribution in [1.29, 1.82) is 5.26 Å². The summed E-state index contributed by atoms with van der Waals surface area (Å²) < 4.78 is 14.0. The zero-order chi connectivity index (χ0) is 15.1. The Morgan fingerprint density at radius 2 is 2.05 bits per heavy atom. The number of carbonyl (C=O) groups is 2. The molecule has 5 heteroatoms. The molecule has 4 nitrogen and oxygen atoms in total. The number of nitrogens with zero attached hydrogens (tertiary/aromatic N) is 2. The van der Waals surface area contributed by atoms with Crippen molar-refractivity contribution < 1.29 is 14.0 Å². The van der Waals surface area contributed by atoms with Gasteiger partial charge < -0.3 is 0 Å². The van der Waals surface area contributed by atoms with Gasteiger partial charge in [-0.2, -0.15) is 5.26 Å². The highest BCUT2D eigenvalue weighted by Gasteiger charge is 2.51. The van der Waals surface area contributed by atoms with Gasteiger partial charge in [0, 0.05) is 6.42 Å². The van der Waals surface area contributed by atoms with Gasteiger partial charge >= 0.3 is 0 Å². The van der Waals surface area contributed by atoms with Crippen molar-refractivity contribution >= 4 is 17.5 Å². The number of hydrogen-bond donors (Lipinski definition) is 0. The maximum Gasteiger partial charge on any atom is 0.240 e. The molecule has 0 spiro atoms. The SMILES string of the molecule is CC(C)C1(C)CC(=O)N(c2ccc(C#N)cc2F)C1=O. The molecule has 1 saturated heterocycles. The Balaban J connectivity index is 2.47. The normalized spacial score (nSPS) is 22.5. The quantitative estimate of drug-likeness (QED) is 0.779. The van der Waals surface area contributed by atoms with Crippen molar-refractivity contribution in [3.8, 4) is 6.07 Å². The van der Waals surface area contributed by atoms with Crippen molar-refractivity contribution in [2.45, 2.75) is 27.2 Å². The molecule has 20 heavy (non-hydrogen) atoms. The second-order valence-corrected chi connectivity index (χ2v) is 5.56. The summed E-state index contributed by atoms with van der Waals surface area (Å²) in [6.07, 6.45) is 0.0724. The highest BCUT2D eigenvalue weighted by molar-refractivity contribution is 6.22. The Kier molecular flexibility index (Phi) is 3.34. The number of nitriles is 1. The molecule has 1 atom stereocenters. The van der Waals surface area contributed by atoms with E-state index in [2.05, 4.69) is 0 Å². The van der Waals surface area contributed by atoms with Crippen molar-refractivity contribution in [3.05, 3.63) is 29.6 Å². The van der Waals surface area contributed by atoms with Crippen LogP contribution in [-0.4, -0.2) is 11.8 Å². The van der Waals surface area contributed by atoms with Crippen molar-refractivity contribution in [3.63, 3.8) is 0 Å². The molecule has 104 valence electrons. The van der Waals surface area contributed by atoms with Gasteiger partial charge in [-0.1, -0.05) is 13.8 Å². The molecule has 0 N–H and O–H groups in total. The number of anilines is 1. The van der Waals surface area contributed by atoms with Gasteiger partial charge in [0.15, 0.2) is 0 Å². The third-order valence-corrected chi connectivity index (χ3v) is 4.05. The average Bonchev–Trinajstić information content (AvgIpc) is 2.62. The summed E-state index contributed by atoms with van der Waals surface area (Å²) in [6.45, 7) is 5.45. The van der Waals surface area contributed by atoms with E-state index in [0.717, 1.165) is 11.0 Å². The summed E-state index contributed by atoms with van der Waals surface area (Å²) in [6, 6.07) is 5.54. The molecule has 1 heterocycles. The third-order valence-electron chi connectivity index (χ3n) is 4.05. The minimum Gasteiger partial charge on any atom is -0.274 e. The Morgan fingerprint density at radius 3 is 2.50 bits per heavy atom. The van der Waals surface area contributed by atoms with Gasteiger partial charge in [0.05, 0.1) is 22.7 Å². The van der Waals surface area contributed by atoms with Gasteiger partial charge in [0.1, 0.15) is 5.82 Å². The van der Waals surface area contributed by atoms with Crippen LogP contribution >= 0.6 is 0 Å². The lowest BCUT2D eigenvalue weighted by Crippen LogP contribution is -2.37. The van der Waals surface area contributed by atoms with Gasteiger partial charge in [-0.25, -0.2) is 9.29 Å². The first-order chi connectivity index (χ1) is 9.31. The Labute approximate surface area is 116 Å². The summed E-state index contributed by atoms with van der Waals surface area (Å²) in [7, 11) is 0. The number of amides is 2. The number of halogens is 1. The fourth-order valence-electron chi connectivity index (χ4n) is 2.29. The summed E-state index contributed by atoms with van der Waals surface area (Å²) >= 11 is 0. The maximum absolute atomic E-state index is 14.0. The molecule has 2 rings (SSSR count). The third kappa shape index (κ3) is 1.97. The van der Waals surface area contributed by atoms with E-state index in [1.54, 1.807) is 6.92 Å². The average molecular weight is 274 g/mol. The zero-order valence-electron chi connectivity index (χ0n) is 11.6. The summed E-state index contributed by atoms with van der Waals surface area (Å²) in [5, 5.41) is 8.71. The van der Waals surface area contributed by atoms with Crippen LogP contribution in [0.3, 0.4) is 0 Å². The fraction of sp³-hybridized carbons (Fsp3) is 0.400. The van der Waals surface area contributed by atoms with E-state index in [-0.39, 0.29) is 29.5 Å². The highest BCUT2D eigenvalue weighted by atomic mass is 19.1. The van der Waals surface area contributed by atoms with E-state index in [1.165, 1.54) is 12.1 Å². The van der Waals surface area contributed by atoms with Crippen molar-refractivity contribution in [2.24, 2.45) is 11.3 Å². The molecule has 0 aliphatic carbocycles. The van der Waals surface area contributed by atoms with E-state index in [9.17, 15) is 14.0 Å². The second kappa shape index (κ2) is 4.71. The minimum atomic E-state index is -0.808. The Hall–Kier alpha value is -2.22. The van der Waals surface area contributed by atoms with Gasteiger partial charge in [0.25, 0.3) is 0 Å². The molecule has 0 radical (unpaired) electrons. The van der Waals surface area contributed by atoms with Crippen molar-refractivity contribution in [1.82, 2.24) is 0 Å². The fourth-order valence-corrected chi connectivity index (χ4v) is 2.29. The van der Waals surface area contributed by atoms with E-state index in [0.29, 0.717) is 0 Å². The molecule has 1 fully saturated rings. The maximum atomic E-state index is 14.0. The molecule has 0 aromatic heterocycles. The van der Waals surface area contributed by atoms with Crippen LogP contribution in [0, 0.1) is 28.5 Å². The van der Waals surface area contributed by atoms with Crippen LogP contribution in [0.25, 0.3) is 0 Å². The predicted molar refractivity (Wildman–Crippen MR) is 71.2 cm³/mol. The molecule has 1 aliphatic heterocycles. The smallest absolute Gasteiger partial charge is 0.240 e. The summed E-state index contributed by atoms with van der Waals surface area (Å²) in [5.41, 5.74) is -0.738. The predicted octanol–water partition coefficient (Wildman–Crippen LogP) is 2.62. The molecule has 1 aromatic carbocycles.